The van der Waals surface area contributed by atoms with Crippen LogP contribution in [0.15, 0.2) is 11.2 Å². The Balaban J connectivity index is 2.76. The second-order valence-electron chi connectivity index (χ2n) is 3.17. The number of hydrogen-bond acceptors (Lipinski definition) is 4. The molecule has 0 spiro atoms. The van der Waals surface area contributed by atoms with Gasteiger partial charge in [0.2, 0.25) is 0 Å². The second kappa shape index (κ2) is 3.51. The Bertz CT molecular complexity index is 547. The van der Waals surface area contributed by atoms with Crippen molar-refractivity contribution in [2.45, 2.75) is 6.92 Å². The fraction of sp³-hybridized carbons (Fsp3) is 0.222. The lowest BCUT2D eigenvalue weighted by Gasteiger charge is -1.98. The molecular formula is C9H9ClN4O. The van der Waals surface area contributed by atoms with Crippen molar-refractivity contribution < 1.29 is 5.21 Å². The zero-order valence-electron chi connectivity index (χ0n) is 8.27. The lowest BCUT2D eigenvalue weighted by molar-refractivity contribution is 0.322. The van der Waals surface area contributed by atoms with E-state index in [-0.39, 0.29) is 0 Å². The number of halogens is 1. The number of aryl methyl sites for hydroxylation is 2. The Morgan fingerprint density at radius 2 is 2.27 bits per heavy atom. The van der Waals surface area contributed by atoms with Gasteiger partial charge in [0.25, 0.3) is 0 Å². The SMILES string of the molecule is Cc1nc2cc(C=NO)c(Cl)nc2n1C. The summed E-state index contributed by atoms with van der Waals surface area (Å²) in [6.07, 6.45) is 1.23. The normalized spacial score (nSPS) is 11.7. The largest absolute Gasteiger partial charge is 0.411 e. The molecule has 0 amide bonds. The van der Waals surface area contributed by atoms with Crippen molar-refractivity contribution in [1.82, 2.24) is 14.5 Å². The smallest absolute Gasteiger partial charge is 0.161 e. The van der Waals surface area contributed by atoms with Crippen LogP contribution in [0, 0.1) is 6.92 Å². The highest BCUT2D eigenvalue weighted by Gasteiger charge is 2.09. The molecule has 0 fully saturated rings. The first-order chi connectivity index (χ1) is 7.13. The Morgan fingerprint density at radius 1 is 1.53 bits per heavy atom. The van der Waals surface area contributed by atoms with Gasteiger partial charge in [-0.2, -0.15) is 0 Å². The highest BCUT2D eigenvalue weighted by molar-refractivity contribution is 6.32. The Kier molecular flexibility index (Phi) is 2.32. The summed E-state index contributed by atoms with van der Waals surface area (Å²) < 4.78 is 1.85. The first-order valence-corrected chi connectivity index (χ1v) is 4.68. The monoisotopic (exact) mass is 224 g/mol. The first kappa shape index (κ1) is 9.92. The molecule has 78 valence electrons. The molecule has 0 aliphatic carbocycles. The van der Waals surface area contributed by atoms with Crippen molar-refractivity contribution in [3.05, 3.63) is 22.6 Å². The molecule has 2 aromatic heterocycles. The maximum absolute atomic E-state index is 8.43. The van der Waals surface area contributed by atoms with Crippen molar-refractivity contribution in [1.29, 1.82) is 0 Å². The molecular weight excluding hydrogens is 216 g/mol. The van der Waals surface area contributed by atoms with Crippen LogP contribution in [0.2, 0.25) is 5.15 Å². The standard InChI is InChI=1S/C9H9ClN4O/c1-5-12-7-3-6(4-11-15)8(10)13-9(7)14(5)2/h3-4,15H,1-2H3. The number of fused-ring (bicyclic) bond motifs is 1. The summed E-state index contributed by atoms with van der Waals surface area (Å²) in [4.78, 5) is 8.47. The maximum Gasteiger partial charge on any atom is 0.161 e. The van der Waals surface area contributed by atoms with E-state index in [0.717, 1.165) is 11.3 Å². The fourth-order valence-electron chi connectivity index (χ4n) is 1.37. The van der Waals surface area contributed by atoms with Gasteiger partial charge in [-0.3, -0.25) is 0 Å². The number of rotatable bonds is 1. The molecule has 2 heterocycles. The predicted molar refractivity (Wildman–Crippen MR) is 57.6 cm³/mol. The van der Waals surface area contributed by atoms with Gasteiger partial charge in [0.15, 0.2) is 5.65 Å². The van der Waals surface area contributed by atoms with E-state index in [9.17, 15) is 0 Å². The van der Waals surface area contributed by atoms with E-state index in [2.05, 4.69) is 15.1 Å². The Hall–Kier alpha value is -1.62. The minimum absolute atomic E-state index is 0.295. The van der Waals surface area contributed by atoms with Crippen LogP contribution >= 0.6 is 11.6 Å². The summed E-state index contributed by atoms with van der Waals surface area (Å²) in [6.45, 7) is 1.88. The van der Waals surface area contributed by atoms with Crippen molar-refractivity contribution in [3.8, 4) is 0 Å². The number of imidazole rings is 1. The van der Waals surface area contributed by atoms with Gasteiger partial charge in [0, 0.05) is 12.6 Å². The van der Waals surface area contributed by atoms with E-state index in [1.54, 1.807) is 6.07 Å². The van der Waals surface area contributed by atoms with E-state index in [1.807, 2.05) is 18.5 Å². The summed E-state index contributed by atoms with van der Waals surface area (Å²) >= 11 is 5.91. The highest BCUT2D eigenvalue weighted by atomic mass is 35.5. The average Bonchev–Trinajstić information content (AvgIpc) is 2.46. The molecule has 2 aromatic rings. The minimum Gasteiger partial charge on any atom is -0.411 e. The summed E-state index contributed by atoms with van der Waals surface area (Å²) in [5.41, 5.74) is 1.99. The van der Waals surface area contributed by atoms with E-state index in [4.69, 9.17) is 16.8 Å². The van der Waals surface area contributed by atoms with Crippen LogP contribution in [-0.2, 0) is 7.05 Å². The zero-order chi connectivity index (χ0) is 11.0. The van der Waals surface area contributed by atoms with Gasteiger partial charge in [-0.25, -0.2) is 9.97 Å². The molecule has 6 heteroatoms. The fourth-order valence-corrected chi connectivity index (χ4v) is 1.55. The van der Waals surface area contributed by atoms with Gasteiger partial charge < -0.3 is 9.77 Å². The minimum atomic E-state index is 0.295. The van der Waals surface area contributed by atoms with Crippen molar-refractivity contribution >= 4 is 29.0 Å². The summed E-state index contributed by atoms with van der Waals surface area (Å²) in [5, 5.41) is 11.6. The second-order valence-corrected chi connectivity index (χ2v) is 3.53. The molecule has 0 unspecified atom stereocenters. The molecule has 2 rings (SSSR count). The average molecular weight is 225 g/mol. The third kappa shape index (κ3) is 1.55. The van der Waals surface area contributed by atoms with Crippen LogP contribution in [0.25, 0.3) is 11.2 Å². The lowest BCUT2D eigenvalue weighted by atomic mass is 10.3. The molecule has 5 nitrogen and oxygen atoms in total. The molecule has 0 radical (unpaired) electrons. The maximum atomic E-state index is 8.43. The summed E-state index contributed by atoms with van der Waals surface area (Å²) in [5.74, 6) is 0.853. The summed E-state index contributed by atoms with van der Waals surface area (Å²) in [6, 6.07) is 1.73. The number of nitrogens with zero attached hydrogens (tertiary/aromatic N) is 4. The van der Waals surface area contributed by atoms with Crippen molar-refractivity contribution in [2.75, 3.05) is 0 Å². The molecule has 15 heavy (non-hydrogen) atoms. The number of aromatic nitrogens is 3. The molecule has 0 aliphatic heterocycles. The lowest BCUT2D eigenvalue weighted by Crippen LogP contribution is -1.94. The van der Waals surface area contributed by atoms with Crippen LogP contribution in [-0.4, -0.2) is 26.0 Å². The predicted octanol–water partition coefficient (Wildman–Crippen LogP) is 1.74. The van der Waals surface area contributed by atoms with Gasteiger partial charge in [0.1, 0.15) is 16.5 Å². The van der Waals surface area contributed by atoms with E-state index < -0.39 is 0 Å². The zero-order valence-corrected chi connectivity index (χ0v) is 9.02. The number of oxime groups is 1. The first-order valence-electron chi connectivity index (χ1n) is 4.30. The third-order valence-corrected chi connectivity index (χ3v) is 2.55. The van der Waals surface area contributed by atoms with Crippen LogP contribution < -0.4 is 0 Å². The van der Waals surface area contributed by atoms with Crippen LogP contribution in [0.3, 0.4) is 0 Å². The molecule has 0 bridgehead atoms. The molecule has 1 N–H and O–H groups in total. The van der Waals surface area contributed by atoms with Crippen molar-refractivity contribution in [2.24, 2.45) is 12.2 Å². The van der Waals surface area contributed by atoms with Crippen LogP contribution in [0.1, 0.15) is 11.4 Å². The number of hydrogen-bond donors (Lipinski definition) is 1. The van der Waals surface area contributed by atoms with Crippen LogP contribution in [0.4, 0.5) is 0 Å². The topological polar surface area (TPSA) is 63.3 Å². The van der Waals surface area contributed by atoms with Gasteiger partial charge in [-0.05, 0) is 13.0 Å². The van der Waals surface area contributed by atoms with Crippen LogP contribution in [0.5, 0.6) is 0 Å². The quantitative estimate of drug-likeness (QED) is 0.347. The molecule has 0 saturated heterocycles. The molecule has 0 aromatic carbocycles. The van der Waals surface area contributed by atoms with Gasteiger partial charge in [-0.15, -0.1) is 0 Å². The van der Waals surface area contributed by atoms with Gasteiger partial charge >= 0.3 is 0 Å². The molecule has 0 aliphatic rings. The Morgan fingerprint density at radius 3 is 2.93 bits per heavy atom. The van der Waals surface area contributed by atoms with Gasteiger partial charge in [0.05, 0.1) is 6.21 Å². The van der Waals surface area contributed by atoms with E-state index >= 15 is 0 Å². The van der Waals surface area contributed by atoms with E-state index in [1.165, 1.54) is 6.21 Å². The van der Waals surface area contributed by atoms with E-state index in [0.29, 0.717) is 16.4 Å². The van der Waals surface area contributed by atoms with Gasteiger partial charge in [-0.1, -0.05) is 16.8 Å². The number of pyridine rings is 1. The summed E-state index contributed by atoms with van der Waals surface area (Å²) in [7, 11) is 1.87. The third-order valence-electron chi connectivity index (χ3n) is 2.25. The highest BCUT2D eigenvalue weighted by Crippen LogP contribution is 2.19. The Labute approximate surface area is 91.0 Å². The van der Waals surface area contributed by atoms with Crippen molar-refractivity contribution in [3.63, 3.8) is 0 Å². The molecule has 0 saturated carbocycles. The molecule has 0 atom stereocenters.